The van der Waals surface area contributed by atoms with E-state index in [4.69, 9.17) is 4.74 Å². The van der Waals surface area contributed by atoms with Crippen LogP contribution < -0.4 is 10.6 Å². The molecule has 1 amide bonds. The van der Waals surface area contributed by atoms with Gasteiger partial charge in [0.15, 0.2) is 0 Å². The van der Waals surface area contributed by atoms with E-state index >= 15 is 0 Å². The number of nitrogens with zero attached hydrogens (tertiary/aromatic N) is 1. The topological polar surface area (TPSA) is 53.6 Å². The fraction of sp³-hybridized carbons (Fsp3) is 0.562. The summed E-state index contributed by atoms with van der Waals surface area (Å²) < 4.78 is 5.32. The summed E-state index contributed by atoms with van der Waals surface area (Å²) in [6, 6.07) is 6.02. The maximum atomic E-state index is 12.4. The molecule has 2 aliphatic heterocycles. The van der Waals surface area contributed by atoms with Crippen molar-refractivity contribution in [1.82, 2.24) is 15.5 Å². The molecule has 3 rings (SSSR count). The number of benzene rings is 1. The van der Waals surface area contributed by atoms with Gasteiger partial charge < -0.3 is 15.4 Å². The molecular weight excluding hydrogens is 266 g/mol. The summed E-state index contributed by atoms with van der Waals surface area (Å²) in [5.41, 5.74) is 3.30. The summed E-state index contributed by atoms with van der Waals surface area (Å²) in [6.45, 7) is 6.92. The molecule has 21 heavy (non-hydrogen) atoms. The molecule has 2 aliphatic rings. The quantitative estimate of drug-likeness (QED) is 0.842. The second-order valence-corrected chi connectivity index (χ2v) is 5.58. The van der Waals surface area contributed by atoms with Gasteiger partial charge in [0.25, 0.3) is 5.91 Å². The average Bonchev–Trinajstić information content (AvgIpc) is 2.55. The van der Waals surface area contributed by atoms with Crippen LogP contribution in [0, 0.1) is 0 Å². The van der Waals surface area contributed by atoms with Gasteiger partial charge in [-0.3, -0.25) is 9.69 Å². The van der Waals surface area contributed by atoms with E-state index in [2.05, 4.69) is 21.6 Å². The highest BCUT2D eigenvalue weighted by molar-refractivity contribution is 5.96. The molecule has 0 unspecified atom stereocenters. The average molecular weight is 289 g/mol. The van der Waals surface area contributed by atoms with Crippen molar-refractivity contribution in [2.45, 2.75) is 13.0 Å². The maximum absolute atomic E-state index is 12.4. The van der Waals surface area contributed by atoms with Crippen molar-refractivity contribution in [1.29, 1.82) is 0 Å². The number of carbonyl (C=O) groups is 1. The highest BCUT2D eigenvalue weighted by Crippen LogP contribution is 2.18. The first kappa shape index (κ1) is 14.5. The van der Waals surface area contributed by atoms with E-state index in [9.17, 15) is 4.79 Å². The zero-order chi connectivity index (χ0) is 14.5. The van der Waals surface area contributed by atoms with E-state index in [1.165, 1.54) is 11.1 Å². The number of rotatable bonds is 4. The zero-order valence-corrected chi connectivity index (χ0v) is 12.4. The van der Waals surface area contributed by atoms with Gasteiger partial charge in [-0.25, -0.2) is 0 Å². The first-order valence-electron chi connectivity index (χ1n) is 7.74. The van der Waals surface area contributed by atoms with Gasteiger partial charge in [0.2, 0.25) is 0 Å². The van der Waals surface area contributed by atoms with Crippen LogP contribution in [0.2, 0.25) is 0 Å². The van der Waals surface area contributed by atoms with Crippen molar-refractivity contribution >= 4 is 5.91 Å². The Morgan fingerprint density at radius 2 is 2.19 bits per heavy atom. The summed E-state index contributed by atoms with van der Waals surface area (Å²) in [7, 11) is 0. The molecule has 1 aromatic carbocycles. The Hall–Kier alpha value is -1.43. The molecule has 2 heterocycles. The summed E-state index contributed by atoms with van der Waals surface area (Å²) >= 11 is 0. The Morgan fingerprint density at radius 3 is 3.05 bits per heavy atom. The largest absolute Gasteiger partial charge is 0.379 e. The second kappa shape index (κ2) is 7.02. The molecule has 1 fully saturated rings. The van der Waals surface area contributed by atoms with Crippen LogP contribution in [-0.4, -0.2) is 56.7 Å². The SMILES string of the molecule is O=C(NCCN1CCOCC1)c1cccc2c1CCNC2. The summed E-state index contributed by atoms with van der Waals surface area (Å²) in [6.07, 6.45) is 0.933. The lowest BCUT2D eigenvalue weighted by molar-refractivity contribution is 0.0383. The van der Waals surface area contributed by atoms with Crippen molar-refractivity contribution in [3.05, 3.63) is 34.9 Å². The first-order chi connectivity index (χ1) is 10.3. The number of ether oxygens (including phenoxy) is 1. The van der Waals surface area contributed by atoms with Gasteiger partial charge in [-0.15, -0.1) is 0 Å². The van der Waals surface area contributed by atoms with Gasteiger partial charge in [0.1, 0.15) is 0 Å². The molecule has 0 spiro atoms. The highest BCUT2D eigenvalue weighted by Gasteiger charge is 2.17. The third kappa shape index (κ3) is 3.61. The Kier molecular flexibility index (Phi) is 4.85. The van der Waals surface area contributed by atoms with E-state index in [1.807, 2.05) is 12.1 Å². The number of hydrogen-bond acceptors (Lipinski definition) is 4. The fourth-order valence-corrected chi connectivity index (χ4v) is 2.99. The van der Waals surface area contributed by atoms with Crippen LogP contribution in [0.5, 0.6) is 0 Å². The normalized spacial score (nSPS) is 19.0. The number of hydrogen-bond donors (Lipinski definition) is 2. The predicted molar refractivity (Wildman–Crippen MR) is 81.4 cm³/mol. The van der Waals surface area contributed by atoms with E-state index in [-0.39, 0.29) is 5.91 Å². The minimum absolute atomic E-state index is 0.0574. The number of nitrogens with one attached hydrogen (secondary N) is 2. The predicted octanol–water partition coefficient (Wildman–Crippen LogP) is 0.394. The molecule has 0 atom stereocenters. The van der Waals surface area contributed by atoms with Crippen LogP contribution in [0.25, 0.3) is 0 Å². The van der Waals surface area contributed by atoms with Crippen LogP contribution in [0.15, 0.2) is 18.2 Å². The first-order valence-corrected chi connectivity index (χ1v) is 7.74. The Morgan fingerprint density at radius 1 is 1.33 bits per heavy atom. The zero-order valence-electron chi connectivity index (χ0n) is 12.4. The Bertz CT molecular complexity index is 498. The molecule has 5 heteroatoms. The third-order valence-corrected chi connectivity index (χ3v) is 4.20. The molecular formula is C16H23N3O2. The van der Waals surface area contributed by atoms with Crippen LogP contribution in [0.1, 0.15) is 21.5 Å². The van der Waals surface area contributed by atoms with Gasteiger partial charge in [-0.1, -0.05) is 12.1 Å². The lowest BCUT2D eigenvalue weighted by Gasteiger charge is -2.26. The number of amides is 1. The summed E-state index contributed by atoms with van der Waals surface area (Å²) in [5, 5.41) is 6.40. The lowest BCUT2D eigenvalue weighted by atomic mass is 9.95. The standard InChI is InChI=1S/C16H23N3O2/c20-16(18-6-7-19-8-10-21-11-9-19)15-3-1-2-13-12-17-5-4-14(13)15/h1-3,17H,4-12H2,(H,18,20). The highest BCUT2D eigenvalue weighted by atomic mass is 16.5. The maximum Gasteiger partial charge on any atom is 0.251 e. The van der Waals surface area contributed by atoms with Gasteiger partial charge in [-0.2, -0.15) is 0 Å². The van der Waals surface area contributed by atoms with Crippen LogP contribution in [0.3, 0.4) is 0 Å². The molecule has 1 saturated heterocycles. The van der Waals surface area contributed by atoms with Crippen LogP contribution >= 0.6 is 0 Å². The molecule has 1 aromatic rings. The molecule has 0 radical (unpaired) electrons. The van der Waals surface area contributed by atoms with E-state index < -0.39 is 0 Å². The molecule has 0 saturated carbocycles. The number of carbonyl (C=O) groups excluding carboxylic acids is 1. The van der Waals surface area contributed by atoms with Crippen LogP contribution in [-0.2, 0) is 17.7 Å². The Balaban J connectivity index is 1.55. The van der Waals surface area contributed by atoms with Crippen molar-refractivity contribution in [2.75, 3.05) is 45.9 Å². The minimum atomic E-state index is 0.0574. The third-order valence-electron chi connectivity index (χ3n) is 4.20. The van der Waals surface area contributed by atoms with Crippen molar-refractivity contribution in [3.8, 4) is 0 Å². The van der Waals surface area contributed by atoms with Crippen molar-refractivity contribution in [3.63, 3.8) is 0 Å². The number of fused-ring (bicyclic) bond motifs is 1. The molecule has 114 valence electrons. The number of morpholine rings is 1. The molecule has 0 aromatic heterocycles. The Labute approximate surface area is 125 Å². The summed E-state index contributed by atoms with van der Waals surface area (Å²) in [4.78, 5) is 14.7. The van der Waals surface area contributed by atoms with Crippen LogP contribution in [0.4, 0.5) is 0 Å². The van der Waals surface area contributed by atoms with E-state index in [1.54, 1.807) is 0 Å². The van der Waals surface area contributed by atoms with Gasteiger partial charge >= 0.3 is 0 Å². The molecule has 5 nitrogen and oxygen atoms in total. The van der Waals surface area contributed by atoms with Gasteiger partial charge in [-0.05, 0) is 30.2 Å². The monoisotopic (exact) mass is 289 g/mol. The van der Waals surface area contributed by atoms with E-state index in [0.717, 1.165) is 57.9 Å². The smallest absolute Gasteiger partial charge is 0.251 e. The minimum Gasteiger partial charge on any atom is -0.379 e. The van der Waals surface area contributed by atoms with Gasteiger partial charge in [0.05, 0.1) is 13.2 Å². The fourth-order valence-electron chi connectivity index (χ4n) is 2.99. The molecule has 0 bridgehead atoms. The van der Waals surface area contributed by atoms with E-state index in [0.29, 0.717) is 6.54 Å². The summed E-state index contributed by atoms with van der Waals surface area (Å²) in [5.74, 6) is 0.0574. The van der Waals surface area contributed by atoms with Crippen molar-refractivity contribution < 1.29 is 9.53 Å². The molecule has 0 aliphatic carbocycles. The van der Waals surface area contributed by atoms with Crippen molar-refractivity contribution in [2.24, 2.45) is 0 Å². The molecule has 2 N–H and O–H groups in total. The van der Waals surface area contributed by atoms with Gasteiger partial charge in [0, 0.05) is 38.3 Å². The lowest BCUT2D eigenvalue weighted by Crippen LogP contribution is -2.41. The second-order valence-electron chi connectivity index (χ2n) is 5.58.